The highest BCUT2D eigenvalue weighted by Crippen LogP contribution is 2.14. The molecule has 0 aliphatic heterocycles. The topological polar surface area (TPSA) is 41.1 Å². The van der Waals surface area contributed by atoms with Gasteiger partial charge in [0.05, 0.1) is 0 Å². The van der Waals surface area contributed by atoms with Gasteiger partial charge < -0.3 is 10.6 Å². The molecule has 0 aliphatic rings. The Morgan fingerprint density at radius 1 is 1.22 bits per heavy atom. The first kappa shape index (κ1) is 14.6. The van der Waals surface area contributed by atoms with Crippen LogP contribution in [0.5, 0.6) is 0 Å². The number of nitrogens with one attached hydrogen (secondary N) is 2. The zero-order valence-corrected chi connectivity index (χ0v) is 11.6. The van der Waals surface area contributed by atoms with E-state index in [1.165, 1.54) is 19.3 Å². The van der Waals surface area contributed by atoms with E-state index in [0.29, 0.717) is 11.6 Å². The summed E-state index contributed by atoms with van der Waals surface area (Å²) in [5.74, 6) is -0.0421. The standard InChI is InChI=1S/C15H24N2O/c1-4-6-7-13(5-2)17-14-10-8-12(9-11-14)15(18)16-3/h8-11,13,17H,4-7H2,1-3H3,(H,16,18). The zero-order chi connectivity index (χ0) is 13.4. The van der Waals surface area contributed by atoms with Crippen molar-refractivity contribution >= 4 is 11.6 Å². The Balaban J connectivity index is 2.59. The Hall–Kier alpha value is -1.51. The summed E-state index contributed by atoms with van der Waals surface area (Å²) in [5.41, 5.74) is 1.79. The molecule has 0 heterocycles. The molecule has 0 saturated carbocycles. The first-order chi connectivity index (χ1) is 8.71. The van der Waals surface area contributed by atoms with Gasteiger partial charge in [0.2, 0.25) is 0 Å². The van der Waals surface area contributed by atoms with Gasteiger partial charge in [-0.15, -0.1) is 0 Å². The first-order valence-corrected chi connectivity index (χ1v) is 6.79. The van der Waals surface area contributed by atoms with Gasteiger partial charge in [0, 0.05) is 24.3 Å². The molecule has 3 nitrogen and oxygen atoms in total. The number of benzene rings is 1. The minimum Gasteiger partial charge on any atom is -0.382 e. The van der Waals surface area contributed by atoms with Crippen molar-refractivity contribution in [1.82, 2.24) is 5.32 Å². The Morgan fingerprint density at radius 3 is 2.39 bits per heavy atom. The van der Waals surface area contributed by atoms with E-state index in [9.17, 15) is 4.79 Å². The van der Waals surface area contributed by atoms with Crippen LogP contribution in [0, 0.1) is 0 Å². The minimum atomic E-state index is -0.0421. The largest absolute Gasteiger partial charge is 0.382 e. The predicted octanol–water partition coefficient (Wildman–Crippen LogP) is 3.43. The van der Waals surface area contributed by atoms with E-state index in [2.05, 4.69) is 24.5 Å². The SMILES string of the molecule is CCCCC(CC)Nc1ccc(C(=O)NC)cc1. The number of hydrogen-bond donors (Lipinski definition) is 2. The number of carbonyl (C=O) groups excluding carboxylic acids is 1. The Morgan fingerprint density at radius 2 is 1.89 bits per heavy atom. The molecular weight excluding hydrogens is 224 g/mol. The molecule has 0 aliphatic carbocycles. The van der Waals surface area contributed by atoms with Crippen molar-refractivity contribution < 1.29 is 4.79 Å². The van der Waals surface area contributed by atoms with E-state index in [1.54, 1.807) is 7.05 Å². The van der Waals surface area contributed by atoms with Crippen LogP contribution in [0.2, 0.25) is 0 Å². The molecule has 1 aromatic carbocycles. The van der Waals surface area contributed by atoms with Crippen LogP contribution in [0.15, 0.2) is 24.3 Å². The van der Waals surface area contributed by atoms with Gasteiger partial charge in [-0.2, -0.15) is 0 Å². The summed E-state index contributed by atoms with van der Waals surface area (Å²) in [7, 11) is 1.65. The third-order valence-electron chi connectivity index (χ3n) is 3.14. The van der Waals surface area contributed by atoms with E-state index < -0.39 is 0 Å². The summed E-state index contributed by atoms with van der Waals surface area (Å²) in [6.07, 6.45) is 4.80. The minimum absolute atomic E-state index is 0.0421. The van der Waals surface area contributed by atoms with Crippen molar-refractivity contribution in [3.8, 4) is 0 Å². The second kappa shape index (κ2) is 7.75. The molecular formula is C15H24N2O. The van der Waals surface area contributed by atoms with Crippen LogP contribution < -0.4 is 10.6 Å². The molecule has 0 fully saturated rings. The van der Waals surface area contributed by atoms with Crippen LogP contribution in [-0.4, -0.2) is 19.0 Å². The molecule has 0 bridgehead atoms. The molecule has 1 rings (SSSR count). The molecule has 2 N–H and O–H groups in total. The lowest BCUT2D eigenvalue weighted by atomic mass is 10.1. The number of hydrogen-bond acceptors (Lipinski definition) is 2. The highest BCUT2D eigenvalue weighted by molar-refractivity contribution is 5.94. The van der Waals surface area contributed by atoms with Crippen molar-refractivity contribution in [3.05, 3.63) is 29.8 Å². The third kappa shape index (κ3) is 4.40. The number of anilines is 1. The maximum Gasteiger partial charge on any atom is 0.251 e. The lowest BCUT2D eigenvalue weighted by Crippen LogP contribution is -2.19. The number of unbranched alkanes of at least 4 members (excludes halogenated alkanes) is 1. The van der Waals surface area contributed by atoms with Gasteiger partial charge >= 0.3 is 0 Å². The molecule has 18 heavy (non-hydrogen) atoms. The van der Waals surface area contributed by atoms with Crippen LogP contribution in [0.25, 0.3) is 0 Å². The van der Waals surface area contributed by atoms with Gasteiger partial charge in [-0.05, 0) is 37.1 Å². The summed E-state index contributed by atoms with van der Waals surface area (Å²) in [4.78, 5) is 11.4. The highest BCUT2D eigenvalue weighted by atomic mass is 16.1. The van der Waals surface area contributed by atoms with E-state index in [0.717, 1.165) is 12.1 Å². The van der Waals surface area contributed by atoms with Gasteiger partial charge in [-0.3, -0.25) is 4.79 Å². The van der Waals surface area contributed by atoms with Crippen molar-refractivity contribution in [1.29, 1.82) is 0 Å². The van der Waals surface area contributed by atoms with E-state index in [-0.39, 0.29) is 5.91 Å². The molecule has 0 saturated heterocycles. The molecule has 1 atom stereocenters. The zero-order valence-electron chi connectivity index (χ0n) is 11.6. The molecule has 0 aromatic heterocycles. The fourth-order valence-corrected chi connectivity index (χ4v) is 1.93. The fraction of sp³-hybridized carbons (Fsp3) is 0.533. The molecule has 1 unspecified atom stereocenters. The lowest BCUT2D eigenvalue weighted by Gasteiger charge is -2.18. The van der Waals surface area contributed by atoms with Gasteiger partial charge in [0.15, 0.2) is 0 Å². The van der Waals surface area contributed by atoms with E-state index >= 15 is 0 Å². The summed E-state index contributed by atoms with van der Waals surface area (Å²) in [5, 5.41) is 6.14. The monoisotopic (exact) mass is 248 g/mol. The van der Waals surface area contributed by atoms with Crippen LogP contribution in [0.1, 0.15) is 49.9 Å². The maximum atomic E-state index is 11.4. The molecule has 1 aromatic rings. The molecule has 3 heteroatoms. The lowest BCUT2D eigenvalue weighted by molar-refractivity contribution is 0.0963. The van der Waals surface area contributed by atoms with Gasteiger partial charge in [-0.1, -0.05) is 26.7 Å². The van der Waals surface area contributed by atoms with Gasteiger partial charge in [0.1, 0.15) is 0 Å². The van der Waals surface area contributed by atoms with Crippen molar-refractivity contribution in [2.24, 2.45) is 0 Å². The molecule has 1 amide bonds. The quantitative estimate of drug-likeness (QED) is 0.776. The van der Waals surface area contributed by atoms with Crippen molar-refractivity contribution in [2.45, 2.75) is 45.6 Å². The van der Waals surface area contributed by atoms with E-state index in [4.69, 9.17) is 0 Å². The number of rotatable bonds is 7. The van der Waals surface area contributed by atoms with Gasteiger partial charge in [-0.25, -0.2) is 0 Å². The van der Waals surface area contributed by atoms with Crippen LogP contribution in [0.4, 0.5) is 5.69 Å². The number of carbonyl (C=O) groups is 1. The summed E-state index contributed by atoms with van der Waals surface area (Å²) < 4.78 is 0. The van der Waals surface area contributed by atoms with Crippen molar-refractivity contribution in [3.63, 3.8) is 0 Å². The molecule has 100 valence electrons. The Kier molecular flexibility index (Phi) is 6.26. The van der Waals surface area contributed by atoms with E-state index in [1.807, 2.05) is 24.3 Å². The highest BCUT2D eigenvalue weighted by Gasteiger charge is 2.06. The smallest absolute Gasteiger partial charge is 0.251 e. The maximum absolute atomic E-state index is 11.4. The van der Waals surface area contributed by atoms with Gasteiger partial charge in [0.25, 0.3) is 5.91 Å². The van der Waals surface area contributed by atoms with Crippen molar-refractivity contribution in [2.75, 3.05) is 12.4 Å². The Bertz CT molecular complexity index is 359. The predicted molar refractivity (Wildman–Crippen MR) is 77.1 cm³/mol. The van der Waals surface area contributed by atoms with Crippen LogP contribution in [-0.2, 0) is 0 Å². The Labute approximate surface area is 110 Å². The summed E-state index contributed by atoms with van der Waals surface area (Å²) in [6.45, 7) is 4.41. The van der Waals surface area contributed by atoms with Crippen LogP contribution >= 0.6 is 0 Å². The second-order valence-corrected chi connectivity index (χ2v) is 4.55. The molecule has 0 spiro atoms. The first-order valence-electron chi connectivity index (χ1n) is 6.79. The molecule has 0 radical (unpaired) electrons. The summed E-state index contributed by atoms with van der Waals surface area (Å²) in [6, 6.07) is 8.18. The average molecular weight is 248 g/mol. The normalized spacial score (nSPS) is 11.9. The number of amides is 1. The average Bonchev–Trinajstić information content (AvgIpc) is 2.43. The fourth-order valence-electron chi connectivity index (χ4n) is 1.93. The van der Waals surface area contributed by atoms with Crippen LogP contribution in [0.3, 0.4) is 0 Å². The second-order valence-electron chi connectivity index (χ2n) is 4.55. The third-order valence-corrected chi connectivity index (χ3v) is 3.14. The summed E-state index contributed by atoms with van der Waals surface area (Å²) >= 11 is 0.